The monoisotopic (exact) mass is 250 g/mol. The molecule has 98 valence electrons. The number of carbonyl (C=O) groups excluding carboxylic acids is 1. The van der Waals surface area contributed by atoms with Crippen LogP contribution in [-0.2, 0) is 9.53 Å². The average molecular weight is 250 g/mol. The molecule has 0 bridgehead atoms. The molecule has 0 fully saturated rings. The number of rotatable bonds is 2. The summed E-state index contributed by atoms with van der Waals surface area (Å²) in [6.45, 7) is 5.01. The second-order valence-corrected chi connectivity index (χ2v) is 4.50. The smallest absolute Gasteiger partial charge is 0.395 e. The molecule has 0 aromatic carbocycles. The van der Waals surface area contributed by atoms with Gasteiger partial charge in [0, 0.05) is 0 Å². The van der Waals surface area contributed by atoms with Gasteiger partial charge in [-0.1, -0.05) is 18.6 Å². The molecule has 5 heteroatoms. The molecule has 0 aromatic rings. The quantitative estimate of drug-likeness (QED) is 0.555. The second-order valence-electron chi connectivity index (χ2n) is 4.50. The van der Waals surface area contributed by atoms with E-state index >= 15 is 0 Å². The fraction of sp³-hybridized carbons (Fsp3) is 0.750. The maximum absolute atomic E-state index is 12.7. The first-order valence-electron chi connectivity index (χ1n) is 5.69. The Hall–Kier alpha value is -1.00. The Labute approximate surface area is 98.8 Å². The summed E-state index contributed by atoms with van der Waals surface area (Å²) in [6.07, 6.45) is -2.87. The van der Waals surface area contributed by atoms with E-state index in [0.29, 0.717) is 0 Å². The fourth-order valence-electron chi connectivity index (χ4n) is 2.20. The fourth-order valence-corrected chi connectivity index (χ4v) is 2.20. The molecule has 1 rings (SSSR count). The lowest BCUT2D eigenvalue weighted by atomic mass is 9.76. The lowest BCUT2D eigenvalue weighted by Gasteiger charge is -2.32. The third-order valence-electron chi connectivity index (χ3n) is 3.17. The highest BCUT2D eigenvalue weighted by Gasteiger charge is 2.45. The highest BCUT2D eigenvalue weighted by Crippen LogP contribution is 2.42. The van der Waals surface area contributed by atoms with Crippen molar-refractivity contribution in [1.29, 1.82) is 0 Å². The summed E-state index contributed by atoms with van der Waals surface area (Å²) < 4.78 is 42.9. The van der Waals surface area contributed by atoms with Crippen LogP contribution in [0.2, 0.25) is 0 Å². The standard InChI is InChI=1S/C12H17F3O2/c1-4-17-11(16)9-5-8(3)10(6-7(9)2)12(13,14)15/h5,7,9-10H,4,6H2,1-3H3. The minimum Gasteiger partial charge on any atom is -0.466 e. The lowest BCUT2D eigenvalue weighted by molar-refractivity contribution is -0.173. The van der Waals surface area contributed by atoms with E-state index < -0.39 is 24.0 Å². The molecule has 0 spiro atoms. The van der Waals surface area contributed by atoms with E-state index in [1.165, 1.54) is 13.0 Å². The first kappa shape index (κ1) is 14.1. The van der Waals surface area contributed by atoms with Crippen LogP contribution < -0.4 is 0 Å². The molecule has 0 amide bonds. The van der Waals surface area contributed by atoms with Crippen LogP contribution in [0.25, 0.3) is 0 Å². The highest BCUT2D eigenvalue weighted by atomic mass is 19.4. The van der Waals surface area contributed by atoms with E-state index in [-0.39, 0.29) is 24.5 Å². The van der Waals surface area contributed by atoms with Gasteiger partial charge in [0.15, 0.2) is 0 Å². The molecule has 0 aromatic heterocycles. The summed E-state index contributed by atoms with van der Waals surface area (Å²) in [6, 6.07) is 0. The highest BCUT2D eigenvalue weighted by molar-refractivity contribution is 5.75. The zero-order valence-corrected chi connectivity index (χ0v) is 10.2. The van der Waals surface area contributed by atoms with Crippen LogP contribution in [0, 0.1) is 17.8 Å². The maximum atomic E-state index is 12.7. The van der Waals surface area contributed by atoms with Crippen LogP contribution in [0.3, 0.4) is 0 Å². The van der Waals surface area contributed by atoms with Crippen LogP contribution >= 0.6 is 0 Å². The Bertz CT molecular complexity index is 320. The van der Waals surface area contributed by atoms with Crippen molar-refractivity contribution >= 4 is 5.97 Å². The van der Waals surface area contributed by atoms with Gasteiger partial charge in [0.1, 0.15) is 0 Å². The van der Waals surface area contributed by atoms with Crippen molar-refractivity contribution in [3.63, 3.8) is 0 Å². The summed E-state index contributed by atoms with van der Waals surface area (Å²) in [5.41, 5.74) is 0.216. The molecular formula is C12H17F3O2. The van der Waals surface area contributed by atoms with Crippen LogP contribution in [0.5, 0.6) is 0 Å². The average Bonchev–Trinajstić information content (AvgIpc) is 2.19. The molecule has 1 aliphatic carbocycles. The number of allylic oxidation sites excluding steroid dienone is 1. The van der Waals surface area contributed by atoms with Crippen molar-refractivity contribution in [2.24, 2.45) is 17.8 Å². The van der Waals surface area contributed by atoms with Gasteiger partial charge < -0.3 is 4.74 Å². The summed E-state index contributed by atoms with van der Waals surface area (Å²) in [4.78, 5) is 11.6. The molecule has 3 atom stereocenters. The van der Waals surface area contributed by atoms with Crippen molar-refractivity contribution in [2.45, 2.75) is 33.4 Å². The molecule has 0 heterocycles. The molecule has 0 N–H and O–H groups in total. The van der Waals surface area contributed by atoms with E-state index in [1.807, 2.05) is 0 Å². The minimum atomic E-state index is -4.23. The van der Waals surface area contributed by atoms with Gasteiger partial charge in [0.25, 0.3) is 0 Å². The molecule has 3 unspecified atom stereocenters. The first-order chi connectivity index (χ1) is 7.77. The second kappa shape index (κ2) is 5.10. The summed E-state index contributed by atoms with van der Waals surface area (Å²) >= 11 is 0. The molecule has 0 radical (unpaired) electrons. The van der Waals surface area contributed by atoms with E-state index in [1.54, 1.807) is 13.8 Å². The third-order valence-corrected chi connectivity index (χ3v) is 3.17. The Morgan fingerprint density at radius 2 is 2.12 bits per heavy atom. The number of halogens is 3. The van der Waals surface area contributed by atoms with Crippen LogP contribution in [0.15, 0.2) is 11.6 Å². The van der Waals surface area contributed by atoms with Crippen molar-refractivity contribution in [3.8, 4) is 0 Å². The van der Waals surface area contributed by atoms with Gasteiger partial charge in [-0.2, -0.15) is 13.2 Å². The van der Waals surface area contributed by atoms with Crippen molar-refractivity contribution in [3.05, 3.63) is 11.6 Å². The van der Waals surface area contributed by atoms with Gasteiger partial charge in [-0.15, -0.1) is 0 Å². The Balaban J connectivity index is 2.88. The van der Waals surface area contributed by atoms with Gasteiger partial charge in [0.05, 0.1) is 18.4 Å². The number of esters is 1. The minimum absolute atomic E-state index is 0.0463. The predicted molar refractivity (Wildman–Crippen MR) is 57.2 cm³/mol. The van der Waals surface area contributed by atoms with Crippen molar-refractivity contribution in [1.82, 2.24) is 0 Å². The summed E-state index contributed by atoms with van der Waals surface area (Å²) in [7, 11) is 0. The number of hydrogen-bond donors (Lipinski definition) is 0. The molecule has 0 aliphatic heterocycles. The van der Waals surface area contributed by atoms with Crippen LogP contribution in [-0.4, -0.2) is 18.8 Å². The molecule has 1 aliphatic rings. The lowest BCUT2D eigenvalue weighted by Crippen LogP contribution is -2.34. The van der Waals surface area contributed by atoms with E-state index in [2.05, 4.69) is 0 Å². The molecule has 0 saturated heterocycles. The topological polar surface area (TPSA) is 26.3 Å². The van der Waals surface area contributed by atoms with Gasteiger partial charge in [0.2, 0.25) is 0 Å². The number of hydrogen-bond acceptors (Lipinski definition) is 2. The largest absolute Gasteiger partial charge is 0.466 e. The number of alkyl halides is 3. The normalized spacial score (nSPS) is 29.8. The van der Waals surface area contributed by atoms with Gasteiger partial charge in [-0.05, 0) is 26.2 Å². The van der Waals surface area contributed by atoms with Crippen molar-refractivity contribution in [2.75, 3.05) is 6.61 Å². The number of carbonyl (C=O) groups is 1. The van der Waals surface area contributed by atoms with E-state index in [0.717, 1.165) is 0 Å². The summed E-state index contributed by atoms with van der Waals surface area (Å²) in [5, 5.41) is 0. The first-order valence-corrected chi connectivity index (χ1v) is 5.69. The molecule has 0 saturated carbocycles. The Morgan fingerprint density at radius 1 is 1.53 bits per heavy atom. The van der Waals surface area contributed by atoms with Crippen LogP contribution in [0.1, 0.15) is 27.2 Å². The SMILES string of the molecule is CCOC(=O)C1C=C(C)C(C(F)(F)F)CC1C. The van der Waals surface area contributed by atoms with E-state index in [9.17, 15) is 18.0 Å². The van der Waals surface area contributed by atoms with Gasteiger partial charge >= 0.3 is 12.1 Å². The van der Waals surface area contributed by atoms with Crippen LogP contribution in [0.4, 0.5) is 13.2 Å². The maximum Gasteiger partial charge on any atom is 0.395 e. The predicted octanol–water partition coefficient (Wildman–Crippen LogP) is 3.33. The Morgan fingerprint density at radius 3 is 2.59 bits per heavy atom. The van der Waals surface area contributed by atoms with Gasteiger partial charge in [-0.25, -0.2) is 0 Å². The van der Waals surface area contributed by atoms with Gasteiger partial charge in [-0.3, -0.25) is 4.79 Å². The Kier molecular flexibility index (Phi) is 4.22. The number of ether oxygens (including phenoxy) is 1. The van der Waals surface area contributed by atoms with Crippen molar-refractivity contribution < 1.29 is 22.7 Å². The molecule has 2 nitrogen and oxygen atoms in total. The molecular weight excluding hydrogens is 233 g/mol. The zero-order valence-electron chi connectivity index (χ0n) is 10.2. The third kappa shape index (κ3) is 3.23. The summed E-state index contributed by atoms with van der Waals surface area (Å²) in [5.74, 6) is -2.75. The zero-order chi connectivity index (χ0) is 13.2. The molecule has 17 heavy (non-hydrogen) atoms. The van der Waals surface area contributed by atoms with E-state index in [4.69, 9.17) is 4.74 Å².